The summed E-state index contributed by atoms with van der Waals surface area (Å²) in [7, 11) is 0. The standard InChI is InChI=1S/C71H135NO10/c1-3-5-7-9-11-13-15-17-19-21-23-25-27-29-30-31-32-33-35-37-39-41-43-45-47-49-51-53-55-57-59-64(75)70(80)72-62(61-81-71-69(79)68(78)67(77)65(60-73)82-71)66(76)63(74)58-56-54-52-50-48-46-44-42-40-38-36-34-28-26-24-22-20-18-16-14-12-10-8-6-4-2/h29-30,42,44,50,52,62-69,71,73-79H,3-28,31-41,43,45-49,51,53-61H2,1-2H3,(H,72,80)/b30-29-,44-42+,52-50+. The summed E-state index contributed by atoms with van der Waals surface area (Å²) in [6.07, 6.45) is 65.2. The Morgan fingerprint density at radius 3 is 1.09 bits per heavy atom. The zero-order valence-electron chi connectivity index (χ0n) is 53.5. The molecule has 0 aromatic rings. The van der Waals surface area contributed by atoms with Crippen LogP contribution in [0.25, 0.3) is 0 Å². The molecule has 9 unspecified atom stereocenters. The highest BCUT2D eigenvalue weighted by molar-refractivity contribution is 5.80. The highest BCUT2D eigenvalue weighted by Gasteiger charge is 2.44. The van der Waals surface area contributed by atoms with Gasteiger partial charge in [-0.1, -0.05) is 301 Å². The van der Waals surface area contributed by atoms with Crippen LogP contribution in [0.2, 0.25) is 0 Å². The Kier molecular flexibility index (Phi) is 57.0. The minimum Gasteiger partial charge on any atom is -0.394 e. The summed E-state index contributed by atoms with van der Waals surface area (Å²) < 4.78 is 11.2. The lowest BCUT2D eigenvalue weighted by Gasteiger charge is -2.40. The number of aliphatic hydroxyl groups excluding tert-OH is 7. The number of aliphatic hydroxyl groups is 7. The van der Waals surface area contributed by atoms with Crippen molar-refractivity contribution in [3.05, 3.63) is 36.5 Å². The largest absolute Gasteiger partial charge is 0.394 e. The number of rotatable bonds is 62. The van der Waals surface area contributed by atoms with Crippen LogP contribution in [0.1, 0.15) is 341 Å². The summed E-state index contributed by atoms with van der Waals surface area (Å²) >= 11 is 0. The fraction of sp³-hybridized carbons (Fsp3) is 0.901. The van der Waals surface area contributed by atoms with Gasteiger partial charge in [0.05, 0.1) is 25.4 Å². The van der Waals surface area contributed by atoms with Gasteiger partial charge in [0.15, 0.2) is 6.29 Å². The molecule has 8 N–H and O–H groups in total. The second-order valence-electron chi connectivity index (χ2n) is 24.9. The molecule has 0 radical (unpaired) electrons. The van der Waals surface area contributed by atoms with Gasteiger partial charge in [0.1, 0.15) is 36.6 Å². The summed E-state index contributed by atoms with van der Waals surface area (Å²) in [6.45, 7) is 3.49. The molecule has 484 valence electrons. The molecule has 0 aromatic heterocycles. The third-order valence-electron chi connectivity index (χ3n) is 17.1. The Morgan fingerprint density at radius 2 is 0.732 bits per heavy atom. The molecule has 0 spiro atoms. The van der Waals surface area contributed by atoms with Crippen molar-refractivity contribution < 1.29 is 50.0 Å². The van der Waals surface area contributed by atoms with Crippen LogP contribution in [-0.4, -0.2) is 110 Å². The molecule has 1 amide bonds. The number of carbonyl (C=O) groups is 1. The van der Waals surface area contributed by atoms with E-state index in [9.17, 15) is 40.5 Å². The predicted molar refractivity (Wildman–Crippen MR) is 344 cm³/mol. The Morgan fingerprint density at radius 1 is 0.415 bits per heavy atom. The Hall–Kier alpha value is -1.67. The number of hydrogen-bond donors (Lipinski definition) is 8. The lowest BCUT2D eigenvalue weighted by Crippen LogP contribution is -2.60. The van der Waals surface area contributed by atoms with Crippen LogP contribution in [0, 0.1) is 0 Å². The van der Waals surface area contributed by atoms with Crippen molar-refractivity contribution in [3.63, 3.8) is 0 Å². The van der Waals surface area contributed by atoms with E-state index in [1.54, 1.807) is 0 Å². The molecule has 0 bridgehead atoms. The summed E-state index contributed by atoms with van der Waals surface area (Å²) in [5.74, 6) is -0.705. The van der Waals surface area contributed by atoms with Gasteiger partial charge in [-0.2, -0.15) is 0 Å². The zero-order valence-corrected chi connectivity index (χ0v) is 53.5. The molecular formula is C71H135NO10. The van der Waals surface area contributed by atoms with Crippen LogP contribution >= 0.6 is 0 Å². The molecular weight excluding hydrogens is 1030 g/mol. The number of allylic oxidation sites excluding steroid dienone is 6. The SMILES string of the molecule is CCCCCCCCCCCCCC/C=C\CCCCCCCCCCCCCCCCC(O)C(=O)NC(COC1OC(CO)C(O)C(O)C1O)C(O)C(O)CCC/C=C/CC/C=C/CCCCCCCCCCCCCCCCCC. The normalized spacial score (nSPS) is 19.3. The summed E-state index contributed by atoms with van der Waals surface area (Å²) in [6, 6.07) is -1.19. The first-order valence-electron chi connectivity index (χ1n) is 35.4. The number of unbranched alkanes of at least 4 members (excludes halogenated alkanes) is 44. The van der Waals surface area contributed by atoms with Crippen LogP contribution in [-0.2, 0) is 14.3 Å². The van der Waals surface area contributed by atoms with Gasteiger partial charge < -0.3 is 50.5 Å². The van der Waals surface area contributed by atoms with Gasteiger partial charge in [-0.15, -0.1) is 0 Å². The van der Waals surface area contributed by atoms with E-state index < -0.39 is 74.2 Å². The van der Waals surface area contributed by atoms with Crippen LogP contribution in [0.5, 0.6) is 0 Å². The molecule has 0 aromatic carbocycles. The maximum absolute atomic E-state index is 13.2. The number of amides is 1. The molecule has 1 heterocycles. The van der Waals surface area contributed by atoms with Gasteiger partial charge in [0.2, 0.25) is 5.91 Å². The summed E-state index contributed by atoms with van der Waals surface area (Å²) in [5, 5.41) is 76.5. The van der Waals surface area contributed by atoms with Crippen LogP contribution in [0.4, 0.5) is 0 Å². The second-order valence-corrected chi connectivity index (χ2v) is 24.9. The van der Waals surface area contributed by atoms with Crippen molar-refractivity contribution in [1.29, 1.82) is 0 Å². The third kappa shape index (κ3) is 46.5. The van der Waals surface area contributed by atoms with E-state index >= 15 is 0 Å². The first-order chi connectivity index (χ1) is 40.2. The lowest BCUT2D eigenvalue weighted by molar-refractivity contribution is -0.303. The number of carbonyl (C=O) groups excluding carboxylic acids is 1. The lowest BCUT2D eigenvalue weighted by atomic mass is 9.98. The highest BCUT2D eigenvalue weighted by Crippen LogP contribution is 2.24. The molecule has 9 atom stereocenters. The van der Waals surface area contributed by atoms with E-state index in [-0.39, 0.29) is 12.8 Å². The van der Waals surface area contributed by atoms with E-state index in [4.69, 9.17) is 9.47 Å². The minimum atomic E-state index is -1.67. The average Bonchev–Trinajstić information content (AvgIpc) is 3.50. The van der Waals surface area contributed by atoms with Crippen LogP contribution < -0.4 is 5.32 Å². The van der Waals surface area contributed by atoms with Gasteiger partial charge >= 0.3 is 0 Å². The monoisotopic (exact) mass is 1160 g/mol. The van der Waals surface area contributed by atoms with Gasteiger partial charge in [-0.05, 0) is 77.0 Å². The topological polar surface area (TPSA) is 189 Å². The second kappa shape index (κ2) is 59.7. The Labute approximate surface area is 505 Å². The molecule has 1 saturated heterocycles. The van der Waals surface area contributed by atoms with Crippen molar-refractivity contribution in [1.82, 2.24) is 5.32 Å². The molecule has 11 heteroatoms. The zero-order chi connectivity index (χ0) is 59.6. The van der Waals surface area contributed by atoms with Crippen LogP contribution in [0.15, 0.2) is 36.5 Å². The van der Waals surface area contributed by atoms with Crippen molar-refractivity contribution in [2.45, 2.75) is 396 Å². The van der Waals surface area contributed by atoms with Crippen molar-refractivity contribution in [2.75, 3.05) is 13.2 Å². The predicted octanol–water partition coefficient (Wildman–Crippen LogP) is 17.0. The average molecular weight is 1160 g/mol. The number of nitrogens with one attached hydrogen (secondary N) is 1. The minimum absolute atomic E-state index is 0.248. The quantitative estimate of drug-likeness (QED) is 0.0215. The van der Waals surface area contributed by atoms with Gasteiger partial charge in [-0.3, -0.25) is 4.79 Å². The van der Waals surface area contributed by atoms with Gasteiger partial charge in [-0.25, -0.2) is 0 Å². The van der Waals surface area contributed by atoms with Crippen LogP contribution in [0.3, 0.4) is 0 Å². The van der Waals surface area contributed by atoms with E-state index in [0.717, 1.165) is 38.5 Å². The fourth-order valence-corrected chi connectivity index (χ4v) is 11.5. The first-order valence-corrected chi connectivity index (χ1v) is 35.4. The molecule has 0 aliphatic carbocycles. The first kappa shape index (κ1) is 78.3. The molecule has 1 aliphatic heterocycles. The molecule has 1 rings (SSSR count). The van der Waals surface area contributed by atoms with Gasteiger partial charge in [0, 0.05) is 0 Å². The Bertz CT molecular complexity index is 1430. The maximum Gasteiger partial charge on any atom is 0.249 e. The van der Waals surface area contributed by atoms with Crippen molar-refractivity contribution in [3.8, 4) is 0 Å². The number of hydrogen-bond acceptors (Lipinski definition) is 10. The van der Waals surface area contributed by atoms with E-state index in [2.05, 4.69) is 55.6 Å². The van der Waals surface area contributed by atoms with Crippen molar-refractivity contribution >= 4 is 5.91 Å². The van der Waals surface area contributed by atoms with E-state index in [1.165, 1.54) is 257 Å². The molecule has 1 fully saturated rings. The third-order valence-corrected chi connectivity index (χ3v) is 17.1. The highest BCUT2D eigenvalue weighted by atomic mass is 16.7. The van der Waals surface area contributed by atoms with E-state index in [1.807, 2.05) is 0 Å². The number of ether oxygens (including phenoxy) is 2. The molecule has 82 heavy (non-hydrogen) atoms. The molecule has 0 saturated carbocycles. The van der Waals surface area contributed by atoms with Gasteiger partial charge in [0.25, 0.3) is 0 Å². The Balaban J connectivity index is 2.22. The smallest absolute Gasteiger partial charge is 0.249 e. The fourth-order valence-electron chi connectivity index (χ4n) is 11.5. The molecule has 1 aliphatic rings. The van der Waals surface area contributed by atoms with Crippen molar-refractivity contribution in [2.24, 2.45) is 0 Å². The van der Waals surface area contributed by atoms with E-state index in [0.29, 0.717) is 19.3 Å². The summed E-state index contributed by atoms with van der Waals surface area (Å²) in [4.78, 5) is 13.2. The maximum atomic E-state index is 13.2. The molecule has 11 nitrogen and oxygen atoms in total. The summed E-state index contributed by atoms with van der Waals surface area (Å²) in [5.41, 5.74) is 0.